The number of phosphoric ester groups is 1. The molecule has 3 atom stereocenters. The Balaban J connectivity index is 4.35. The molecule has 0 aliphatic heterocycles. The van der Waals surface area contributed by atoms with Crippen LogP contribution >= 0.6 is 7.82 Å². The summed E-state index contributed by atoms with van der Waals surface area (Å²) in [5.74, 6) is -0.185. The minimum absolute atomic E-state index is 0.00487. The molecule has 0 saturated heterocycles. The lowest BCUT2D eigenvalue weighted by Gasteiger charge is -2.29. The number of likely N-dealkylation sites (N-methyl/N-ethyl adjacent to an activating group) is 1. The van der Waals surface area contributed by atoms with E-state index in [0.29, 0.717) is 23.9 Å². The number of carbonyl (C=O) groups excluding carboxylic acids is 1. The number of hydrogen-bond donors (Lipinski definition) is 2. The van der Waals surface area contributed by atoms with Gasteiger partial charge < -0.3 is 28.8 Å². The van der Waals surface area contributed by atoms with Crippen molar-refractivity contribution in [2.45, 2.75) is 225 Å². The van der Waals surface area contributed by atoms with E-state index in [2.05, 4.69) is 25.2 Å². The first-order chi connectivity index (χ1) is 25.5. The zero-order chi connectivity index (χ0) is 39.3. The van der Waals surface area contributed by atoms with E-state index in [1.807, 2.05) is 27.2 Å². The molecule has 0 aromatic rings. The molecule has 0 rings (SSSR count). The Morgan fingerprint density at radius 2 is 1.04 bits per heavy atom. The number of allylic oxidation sites excluding steroid dienone is 1. The quantitative estimate of drug-likeness (QED) is 0.0277. The summed E-state index contributed by atoms with van der Waals surface area (Å²) in [6.45, 7) is 4.68. The van der Waals surface area contributed by atoms with E-state index in [1.54, 1.807) is 0 Å². The minimum Gasteiger partial charge on any atom is -0.756 e. The Bertz CT molecular complexity index is 880. The first-order valence-corrected chi connectivity index (χ1v) is 24.0. The second kappa shape index (κ2) is 36.9. The highest BCUT2D eigenvalue weighted by molar-refractivity contribution is 7.45. The molecule has 0 aromatic heterocycles. The largest absolute Gasteiger partial charge is 0.756 e. The van der Waals surface area contributed by atoms with Gasteiger partial charge in [-0.1, -0.05) is 193 Å². The second-order valence-corrected chi connectivity index (χ2v) is 18.2. The molecule has 9 heteroatoms. The standard InChI is InChI=1S/C44H89N2O6P/c1-6-8-10-12-14-16-18-20-21-22-23-24-26-28-30-32-34-36-38-44(48)45-42(41-52-53(49,50)51-40-39-46(3,4)5)43(47)37-35-33-31-29-27-25-19-17-15-13-11-9-7-2/h33,35,42-43,47H,6-32,34,36-41H2,1-5H3,(H-,45,48,49,50)/t42-,43+/m0/s1. The van der Waals surface area contributed by atoms with Crippen molar-refractivity contribution in [2.75, 3.05) is 40.9 Å². The first kappa shape index (κ1) is 52.2. The van der Waals surface area contributed by atoms with Crippen LogP contribution in [0, 0.1) is 0 Å². The van der Waals surface area contributed by atoms with E-state index in [0.717, 1.165) is 32.1 Å². The average Bonchev–Trinajstić information content (AvgIpc) is 3.10. The molecule has 1 unspecified atom stereocenters. The molecule has 0 fully saturated rings. The van der Waals surface area contributed by atoms with Crippen LogP contribution in [0.25, 0.3) is 0 Å². The lowest BCUT2D eigenvalue weighted by Crippen LogP contribution is -2.46. The summed E-state index contributed by atoms with van der Waals surface area (Å²) in [6.07, 6.45) is 40.9. The third-order valence-corrected chi connectivity index (χ3v) is 11.2. The molecule has 0 bridgehead atoms. The van der Waals surface area contributed by atoms with E-state index >= 15 is 0 Å². The van der Waals surface area contributed by atoms with Crippen molar-refractivity contribution in [3.8, 4) is 0 Å². The maximum atomic E-state index is 12.8. The maximum absolute atomic E-state index is 12.8. The summed E-state index contributed by atoms with van der Waals surface area (Å²) in [5, 5.41) is 13.8. The number of aliphatic hydroxyl groups excluding tert-OH is 1. The van der Waals surface area contributed by atoms with Crippen molar-refractivity contribution in [1.29, 1.82) is 0 Å². The Kier molecular flexibility index (Phi) is 36.3. The summed E-state index contributed by atoms with van der Waals surface area (Å²) in [6, 6.07) is -0.843. The molecule has 2 N–H and O–H groups in total. The lowest BCUT2D eigenvalue weighted by molar-refractivity contribution is -0.870. The summed E-state index contributed by atoms with van der Waals surface area (Å²) < 4.78 is 23.2. The minimum atomic E-state index is -4.57. The van der Waals surface area contributed by atoms with Gasteiger partial charge in [-0.3, -0.25) is 9.36 Å². The molecule has 316 valence electrons. The van der Waals surface area contributed by atoms with E-state index in [-0.39, 0.29) is 19.1 Å². The van der Waals surface area contributed by atoms with Crippen LogP contribution in [0.1, 0.15) is 213 Å². The molecule has 0 aliphatic rings. The van der Waals surface area contributed by atoms with Crippen LogP contribution in [0.5, 0.6) is 0 Å². The second-order valence-electron chi connectivity index (χ2n) is 16.8. The molecule has 0 spiro atoms. The molecule has 8 nitrogen and oxygen atoms in total. The molecular weight excluding hydrogens is 683 g/mol. The zero-order valence-electron chi connectivity index (χ0n) is 35.7. The Morgan fingerprint density at radius 1 is 0.642 bits per heavy atom. The van der Waals surface area contributed by atoms with E-state index in [1.165, 1.54) is 154 Å². The molecule has 0 heterocycles. The van der Waals surface area contributed by atoms with Crippen molar-refractivity contribution < 1.29 is 32.9 Å². The smallest absolute Gasteiger partial charge is 0.268 e. The van der Waals surface area contributed by atoms with Crippen molar-refractivity contribution in [2.24, 2.45) is 0 Å². The number of hydrogen-bond acceptors (Lipinski definition) is 6. The van der Waals surface area contributed by atoms with E-state index < -0.39 is 20.0 Å². The van der Waals surface area contributed by atoms with Crippen LogP contribution in [-0.4, -0.2) is 68.5 Å². The van der Waals surface area contributed by atoms with Gasteiger partial charge in [0.2, 0.25) is 5.91 Å². The Labute approximate surface area is 329 Å². The third-order valence-electron chi connectivity index (χ3n) is 10.3. The SMILES string of the molecule is CCCCCCCCCCCCC=CC[C@@H](O)[C@H](COP(=O)([O-])OCC[N+](C)(C)C)NC(=O)CCCCCCCCCCCCCCCCCCCC. The van der Waals surface area contributed by atoms with Crippen LogP contribution in [0.15, 0.2) is 12.2 Å². The van der Waals surface area contributed by atoms with Gasteiger partial charge in [0.1, 0.15) is 13.2 Å². The molecule has 0 saturated carbocycles. The highest BCUT2D eigenvalue weighted by Crippen LogP contribution is 2.38. The number of quaternary nitrogens is 1. The van der Waals surface area contributed by atoms with Crippen molar-refractivity contribution >= 4 is 13.7 Å². The van der Waals surface area contributed by atoms with Gasteiger partial charge in [0.05, 0.1) is 39.9 Å². The summed E-state index contributed by atoms with van der Waals surface area (Å²) in [7, 11) is 1.28. The maximum Gasteiger partial charge on any atom is 0.268 e. The van der Waals surface area contributed by atoms with Gasteiger partial charge >= 0.3 is 0 Å². The number of carbonyl (C=O) groups is 1. The summed E-state index contributed by atoms with van der Waals surface area (Å²) in [4.78, 5) is 25.3. The van der Waals surface area contributed by atoms with Crippen molar-refractivity contribution in [3.05, 3.63) is 12.2 Å². The van der Waals surface area contributed by atoms with E-state index in [4.69, 9.17) is 9.05 Å². The topological polar surface area (TPSA) is 108 Å². The number of nitrogens with one attached hydrogen (secondary N) is 1. The number of nitrogens with zero attached hydrogens (tertiary/aromatic N) is 1. The molecule has 0 aliphatic carbocycles. The fourth-order valence-electron chi connectivity index (χ4n) is 6.62. The van der Waals surface area contributed by atoms with Gasteiger partial charge in [0.15, 0.2) is 0 Å². The lowest BCUT2D eigenvalue weighted by atomic mass is 10.0. The fourth-order valence-corrected chi connectivity index (χ4v) is 7.34. The summed E-state index contributed by atoms with van der Waals surface area (Å²) >= 11 is 0. The highest BCUT2D eigenvalue weighted by Gasteiger charge is 2.24. The number of phosphoric acid groups is 1. The van der Waals surface area contributed by atoms with Crippen LogP contribution in [0.4, 0.5) is 0 Å². The fraction of sp³-hybridized carbons (Fsp3) is 0.932. The van der Waals surface area contributed by atoms with Crippen LogP contribution in [0.3, 0.4) is 0 Å². The predicted octanol–water partition coefficient (Wildman–Crippen LogP) is 11.7. The number of unbranched alkanes of at least 4 members (excludes halogenated alkanes) is 27. The highest BCUT2D eigenvalue weighted by atomic mass is 31.2. The van der Waals surface area contributed by atoms with Crippen LogP contribution < -0.4 is 10.2 Å². The summed E-state index contributed by atoms with van der Waals surface area (Å²) in [5.41, 5.74) is 0. The average molecular weight is 773 g/mol. The predicted molar refractivity (Wildman–Crippen MR) is 224 cm³/mol. The normalized spacial score (nSPS) is 14.5. The van der Waals surface area contributed by atoms with Gasteiger partial charge in [-0.05, 0) is 25.7 Å². The van der Waals surface area contributed by atoms with Crippen LogP contribution in [0.2, 0.25) is 0 Å². The van der Waals surface area contributed by atoms with Gasteiger partial charge in [-0.15, -0.1) is 0 Å². The molecule has 0 aromatic carbocycles. The third kappa shape index (κ3) is 39.3. The van der Waals surface area contributed by atoms with E-state index in [9.17, 15) is 19.4 Å². The molecule has 53 heavy (non-hydrogen) atoms. The van der Waals surface area contributed by atoms with Crippen molar-refractivity contribution in [3.63, 3.8) is 0 Å². The van der Waals surface area contributed by atoms with Gasteiger partial charge in [0.25, 0.3) is 7.82 Å². The van der Waals surface area contributed by atoms with Crippen LogP contribution in [-0.2, 0) is 18.4 Å². The first-order valence-electron chi connectivity index (χ1n) is 22.5. The Morgan fingerprint density at radius 3 is 1.45 bits per heavy atom. The van der Waals surface area contributed by atoms with Gasteiger partial charge in [-0.2, -0.15) is 0 Å². The number of aliphatic hydroxyl groups is 1. The van der Waals surface area contributed by atoms with Gasteiger partial charge in [0, 0.05) is 6.42 Å². The zero-order valence-corrected chi connectivity index (χ0v) is 36.6. The van der Waals surface area contributed by atoms with Gasteiger partial charge in [-0.25, -0.2) is 0 Å². The number of rotatable bonds is 41. The molecule has 0 radical (unpaired) electrons. The number of amides is 1. The molecule has 1 amide bonds. The molecular formula is C44H89N2O6P. The Hall–Kier alpha value is -0.760. The van der Waals surface area contributed by atoms with Crippen molar-refractivity contribution in [1.82, 2.24) is 5.32 Å². The monoisotopic (exact) mass is 773 g/mol.